The van der Waals surface area contributed by atoms with Gasteiger partial charge in [-0.25, -0.2) is 5.10 Å². The molecule has 0 unspecified atom stereocenters. The second kappa shape index (κ2) is 8.05. The fourth-order valence-corrected chi connectivity index (χ4v) is 2.89. The SMILES string of the molecule is O=C(CCOCCn1nc(C(F)(F)F)c2c(=O)[nH]ncc21)N1CCNCC1. The highest BCUT2D eigenvalue weighted by molar-refractivity contribution is 5.80. The molecule has 3 rings (SSSR count). The molecule has 1 aliphatic rings. The number of hydrogen-bond donors (Lipinski definition) is 2. The summed E-state index contributed by atoms with van der Waals surface area (Å²) in [5.74, 6) is -0.0175. The number of fused-ring (bicyclic) bond motifs is 1. The minimum atomic E-state index is -4.76. The molecule has 0 radical (unpaired) electrons. The average molecular weight is 388 g/mol. The van der Waals surface area contributed by atoms with E-state index in [4.69, 9.17) is 4.74 Å². The maximum atomic E-state index is 13.1. The predicted molar refractivity (Wildman–Crippen MR) is 88.0 cm³/mol. The minimum absolute atomic E-state index is 0.000458. The number of nitrogens with zero attached hydrogens (tertiary/aromatic N) is 4. The lowest BCUT2D eigenvalue weighted by atomic mass is 10.2. The van der Waals surface area contributed by atoms with Crippen LogP contribution in [0.2, 0.25) is 0 Å². The van der Waals surface area contributed by atoms with E-state index in [1.807, 2.05) is 5.10 Å². The Bertz CT molecular complexity index is 857. The van der Waals surface area contributed by atoms with Crippen molar-refractivity contribution in [1.29, 1.82) is 0 Å². The largest absolute Gasteiger partial charge is 0.435 e. The summed E-state index contributed by atoms with van der Waals surface area (Å²) in [5, 5.41) is 11.6. The van der Waals surface area contributed by atoms with Crippen LogP contribution in [-0.4, -0.2) is 70.2 Å². The molecule has 0 spiro atoms. The van der Waals surface area contributed by atoms with Gasteiger partial charge in [-0.3, -0.25) is 14.3 Å². The molecular formula is C15H19F3N6O3. The topological polar surface area (TPSA) is 105 Å². The molecule has 3 heterocycles. The number of alkyl halides is 3. The van der Waals surface area contributed by atoms with Crippen LogP contribution in [0.25, 0.3) is 10.9 Å². The van der Waals surface area contributed by atoms with Gasteiger partial charge in [0.05, 0.1) is 37.9 Å². The molecule has 1 aliphatic heterocycles. The molecule has 2 aromatic heterocycles. The molecule has 1 saturated heterocycles. The Hall–Kier alpha value is -2.47. The van der Waals surface area contributed by atoms with Crippen molar-refractivity contribution in [1.82, 2.24) is 30.2 Å². The normalized spacial score (nSPS) is 15.4. The molecule has 0 atom stereocenters. The molecule has 148 valence electrons. The first-order valence-corrected chi connectivity index (χ1v) is 8.45. The Balaban J connectivity index is 1.57. The van der Waals surface area contributed by atoms with Crippen LogP contribution >= 0.6 is 0 Å². The highest BCUT2D eigenvalue weighted by Gasteiger charge is 2.38. The molecule has 2 aromatic rings. The van der Waals surface area contributed by atoms with E-state index in [1.165, 1.54) is 0 Å². The average Bonchev–Trinajstić information content (AvgIpc) is 3.02. The van der Waals surface area contributed by atoms with Gasteiger partial charge in [-0.15, -0.1) is 0 Å². The summed E-state index contributed by atoms with van der Waals surface area (Å²) >= 11 is 0. The van der Waals surface area contributed by atoms with Crippen LogP contribution in [0.5, 0.6) is 0 Å². The van der Waals surface area contributed by atoms with Crippen molar-refractivity contribution in [2.24, 2.45) is 0 Å². The molecule has 0 bridgehead atoms. The zero-order valence-corrected chi connectivity index (χ0v) is 14.4. The zero-order chi connectivity index (χ0) is 19.4. The quantitative estimate of drug-likeness (QED) is 0.674. The first-order chi connectivity index (χ1) is 12.9. The number of rotatable bonds is 6. The number of nitrogens with one attached hydrogen (secondary N) is 2. The van der Waals surface area contributed by atoms with Crippen LogP contribution in [-0.2, 0) is 22.3 Å². The lowest BCUT2D eigenvalue weighted by Crippen LogP contribution is -2.46. The smallest absolute Gasteiger partial charge is 0.379 e. The van der Waals surface area contributed by atoms with Gasteiger partial charge < -0.3 is 15.0 Å². The lowest BCUT2D eigenvalue weighted by Gasteiger charge is -2.27. The third-order valence-electron chi connectivity index (χ3n) is 4.22. The summed E-state index contributed by atoms with van der Waals surface area (Å²) in [4.78, 5) is 25.4. The van der Waals surface area contributed by atoms with Crippen LogP contribution in [0.4, 0.5) is 13.2 Å². The van der Waals surface area contributed by atoms with Crippen molar-refractivity contribution in [2.45, 2.75) is 19.1 Å². The van der Waals surface area contributed by atoms with E-state index in [1.54, 1.807) is 4.90 Å². The molecule has 1 amide bonds. The summed E-state index contributed by atoms with van der Waals surface area (Å²) < 4.78 is 45.7. The Labute approximate surface area is 151 Å². The molecular weight excluding hydrogens is 369 g/mol. The van der Waals surface area contributed by atoms with E-state index in [0.717, 1.165) is 24.0 Å². The molecule has 0 aromatic carbocycles. The maximum Gasteiger partial charge on any atom is 0.435 e. The van der Waals surface area contributed by atoms with Crippen molar-refractivity contribution < 1.29 is 22.7 Å². The van der Waals surface area contributed by atoms with Gasteiger partial charge in [-0.05, 0) is 0 Å². The standard InChI is InChI=1S/C15H19F3N6O3/c16-15(17,18)13-12-10(9-20-21-14(12)26)24(22-13)6-8-27-7-1-11(25)23-4-2-19-3-5-23/h9,19H,1-8H2,(H,21,26). The third-order valence-corrected chi connectivity index (χ3v) is 4.22. The number of carbonyl (C=O) groups is 1. The fraction of sp³-hybridized carbons (Fsp3) is 0.600. The Morgan fingerprint density at radius 1 is 1.26 bits per heavy atom. The fourth-order valence-electron chi connectivity index (χ4n) is 2.89. The monoisotopic (exact) mass is 388 g/mol. The number of halogens is 3. The molecule has 12 heteroatoms. The van der Waals surface area contributed by atoms with Gasteiger partial charge in [-0.1, -0.05) is 0 Å². The van der Waals surface area contributed by atoms with Crippen molar-refractivity contribution in [3.05, 3.63) is 22.2 Å². The molecule has 0 aliphatic carbocycles. The number of ether oxygens (including phenoxy) is 1. The van der Waals surface area contributed by atoms with E-state index in [0.29, 0.717) is 13.1 Å². The van der Waals surface area contributed by atoms with Crippen molar-refractivity contribution >= 4 is 16.8 Å². The number of carbonyl (C=O) groups excluding carboxylic acids is 1. The third kappa shape index (κ3) is 4.45. The van der Waals surface area contributed by atoms with E-state index < -0.39 is 22.8 Å². The number of hydrogen-bond acceptors (Lipinski definition) is 6. The molecule has 2 N–H and O–H groups in total. The van der Waals surface area contributed by atoms with Gasteiger partial charge >= 0.3 is 6.18 Å². The number of H-pyrrole nitrogens is 1. The van der Waals surface area contributed by atoms with E-state index in [-0.39, 0.29) is 37.6 Å². The Morgan fingerprint density at radius 3 is 2.70 bits per heavy atom. The van der Waals surface area contributed by atoms with Gasteiger partial charge in [0, 0.05) is 26.2 Å². The molecule has 9 nitrogen and oxygen atoms in total. The highest BCUT2D eigenvalue weighted by atomic mass is 19.4. The van der Waals surface area contributed by atoms with Crippen LogP contribution in [0.1, 0.15) is 12.1 Å². The lowest BCUT2D eigenvalue weighted by molar-refractivity contribution is -0.140. The summed E-state index contributed by atoms with van der Waals surface area (Å²) in [6.45, 7) is 3.03. The number of amides is 1. The predicted octanol–water partition coefficient (Wildman–Crippen LogP) is -0.0231. The number of piperazine rings is 1. The second-order valence-corrected chi connectivity index (χ2v) is 6.02. The number of aromatic amines is 1. The highest BCUT2D eigenvalue weighted by Crippen LogP contribution is 2.32. The van der Waals surface area contributed by atoms with Crippen LogP contribution < -0.4 is 10.9 Å². The first-order valence-electron chi connectivity index (χ1n) is 8.45. The second-order valence-electron chi connectivity index (χ2n) is 6.02. The van der Waals surface area contributed by atoms with E-state index in [9.17, 15) is 22.8 Å². The van der Waals surface area contributed by atoms with Gasteiger partial charge in [0.15, 0.2) is 5.69 Å². The van der Waals surface area contributed by atoms with Gasteiger partial charge in [0.1, 0.15) is 5.39 Å². The zero-order valence-electron chi connectivity index (χ0n) is 14.4. The van der Waals surface area contributed by atoms with Crippen LogP contribution in [0.15, 0.2) is 11.0 Å². The van der Waals surface area contributed by atoms with Gasteiger partial charge in [0.25, 0.3) is 5.56 Å². The van der Waals surface area contributed by atoms with E-state index in [2.05, 4.69) is 15.5 Å². The maximum absolute atomic E-state index is 13.1. The van der Waals surface area contributed by atoms with Crippen molar-refractivity contribution in [3.63, 3.8) is 0 Å². The van der Waals surface area contributed by atoms with Gasteiger partial charge in [0.2, 0.25) is 5.91 Å². The van der Waals surface area contributed by atoms with Crippen LogP contribution in [0, 0.1) is 0 Å². The molecule has 27 heavy (non-hydrogen) atoms. The summed E-state index contributed by atoms with van der Waals surface area (Å²) in [5.41, 5.74) is -2.23. The van der Waals surface area contributed by atoms with Gasteiger partial charge in [-0.2, -0.15) is 23.4 Å². The minimum Gasteiger partial charge on any atom is -0.379 e. The Kier molecular flexibility index (Phi) is 5.75. The number of aromatic nitrogens is 4. The first kappa shape index (κ1) is 19.3. The van der Waals surface area contributed by atoms with E-state index >= 15 is 0 Å². The summed E-state index contributed by atoms with van der Waals surface area (Å²) in [6.07, 6.45) is -3.43. The summed E-state index contributed by atoms with van der Waals surface area (Å²) in [6, 6.07) is 0. The molecule has 1 fully saturated rings. The Morgan fingerprint density at radius 2 is 2.00 bits per heavy atom. The van der Waals surface area contributed by atoms with Crippen LogP contribution in [0.3, 0.4) is 0 Å². The van der Waals surface area contributed by atoms with Crippen molar-refractivity contribution in [2.75, 3.05) is 39.4 Å². The van der Waals surface area contributed by atoms with Crippen molar-refractivity contribution in [3.8, 4) is 0 Å². The molecule has 0 saturated carbocycles. The summed E-state index contributed by atoms with van der Waals surface area (Å²) in [7, 11) is 0.